The van der Waals surface area contributed by atoms with Gasteiger partial charge in [-0.1, -0.05) is 13.0 Å². The number of carbonyl (C=O) groups excluding carboxylic acids is 2. The van der Waals surface area contributed by atoms with E-state index in [-0.39, 0.29) is 18.4 Å². The third-order valence-electron chi connectivity index (χ3n) is 3.41. The molecule has 0 aliphatic carbocycles. The second-order valence-electron chi connectivity index (χ2n) is 5.21. The Hall–Kier alpha value is -2.76. The number of esters is 1. The van der Waals surface area contributed by atoms with Crippen LogP contribution in [0.2, 0.25) is 0 Å². The molecule has 0 bridgehead atoms. The molecule has 0 N–H and O–H groups in total. The minimum atomic E-state index is -0.414. The second kappa shape index (κ2) is 8.03. The first-order valence-corrected chi connectivity index (χ1v) is 7.28. The van der Waals surface area contributed by atoms with Crippen LogP contribution < -0.4 is 0 Å². The van der Waals surface area contributed by atoms with Gasteiger partial charge in [0.15, 0.2) is 0 Å². The van der Waals surface area contributed by atoms with Gasteiger partial charge in [-0.2, -0.15) is 0 Å². The highest BCUT2D eigenvalue weighted by Crippen LogP contribution is 2.12. The van der Waals surface area contributed by atoms with Gasteiger partial charge >= 0.3 is 5.97 Å². The Morgan fingerprint density at radius 3 is 2.52 bits per heavy atom. The van der Waals surface area contributed by atoms with Crippen molar-refractivity contribution < 1.29 is 14.3 Å². The topological polar surface area (TPSA) is 72.4 Å². The molecule has 0 saturated heterocycles. The number of hydrogen-bond acceptors (Lipinski definition) is 5. The van der Waals surface area contributed by atoms with Gasteiger partial charge in [-0.3, -0.25) is 19.6 Å². The smallest absolute Gasteiger partial charge is 0.310 e. The van der Waals surface area contributed by atoms with Gasteiger partial charge in [0.25, 0.3) is 5.91 Å². The van der Waals surface area contributed by atoms with Crippen LogP contribution in [0.3, 0.4) is 0 Å². The fourth-order valence-corrected chi connectivity index (χ4v) is 2.21. The second-order valence-corrected chi connectivity index (χ2v) is 5.21. The lowest BCUT2D eigenvalue weighted by molar-refractivity contribution is -0.145. The lowest BCUT2D eigenvalue weighted by atomic mass is 10.1. The number of rotatable bonds is 6. The molecule has 1 amide bonds. The predicted molar refractivity (Wildman–Crippen MR) is 84.4 cm³/mol. The third-order valence-corrected chi connectivity index (χ3v) is 3.41. The molecule has 1 atom stereocenters. The summed E-state index contributed by atoms with van der Waals surface area (Å²) >= 11 is 0. The molecular formula is C17H19N3O3. The van der Waals surface area contributed by atoms with Crippen LogP contribution in [0, 0.1) is 5.92 Å². The molecular weight excluding hydrogens is 294 g/mol. The highest BCUT2D eigenvalue weighted by Gasteiger charge is 2.22. The molecule has 1 unspecified atom stereocenters. The van der Waals surface area contributed by atoms with Crippen LogP contribution in [0.15, 0.2) is 49.1 Å². The van der Waals surface area contributed by atoms with E-state index < -0.39 is 5.92 Å². The molecule has 0 aliphatic rings. The summed E-state index contributed by atoms with van der Waals surface area (Å²) in [5.41, 5.74) is 1.42. The van der Waals surface area contributed by atoms with E-state index in [0.29, 0.717) is 12.1 Å². The number of hydrogen-bond donors (Lipinski definition) is 0. The first-order chi connectivity index (χ1) is 11.1. The van der Waals surface area contributed by atoms with Crippen molar-refractivity contribution in [2.75, 3.05) is 13.7 Å². The van der Waals surface area contributed by atoms with E-state index in [4.69, 9.17) is 4.74 Å². The van der Waals surface area contributed by atoms with Crippen molar-refractivity contribution >= 4 is 11.9 Å². The molecule has 6 nitrogen and oxygen atoms in total. The van der Waals surface area contributed by atoms with Crippen LogP contribution in [-0.4, -0.2) is 40.4 Å². The molecule has 0 aliphatic heterocycles. The van der Waals surface area contributed by atoms with Crippen LogP contribution in [-0.2, 0) is 16.1 Å². The van der Waals surface area contributed by atoms with E-state index in [1.165, 1.54) is 7.11 Å². The van der Waals surface area contributed by atoms with Crippen molar-refractivity contribution in [1.29, 1.82) is 0 Å². The van der Waals surface area contributed by atoms with E-state index in [2.05, 4.69) is 9.97 Å². The lowest BCUT2D eigenvalue weighted by Gasteiger charge is -2.25. The van der Waals surface area contributed by atoms with Gasteiger partial charge in [0.05, 0.1) is 13.0 Å². The van der Waals surface area contributed by atoms with Crippen LogP contribution >= 0.6 is 0 Å². The Bertz CT molecular complexity index is 647. The van der Waals surface area contributed by atoms with Gasteiger partial charge in [-0.15, -0.1) is 0 Å². The number of ether oxygens (including phenoxy) is 1. The number of carbonyl (C=O) groups is 2. The lowest BCUT2D eigenvalue weighted by Crippen LogP contribution is -2.36. The van der Waals surface area contributed by atoms with E-state index in [0.717, 1.165) is 5.56 Å². The number of amides is 1. The zero-order valence-corrected chi connectivity index (χ0v) is 13.2. The quantitative estimate of drug-likeness (QED) is 0.762. The molecule has 0 spiro atoms. The van der Waals surface area contributed by atoms with E-state index in [1.54, 1.807) is 48.7 Å². The molecule has 2 aromatic heterocycles. The van der Waals surface area contributed by atoms with Gasteiger partial charge in [0.1, 0.15) is 0 Å². The van der Waals surface area contributed by atoms with E-state index >= 15 is 0 Å². The Morgan fingerprint density at radius 2 is 1.91 bits per heavy atom. The Kier molecular flexibility index (Phi) is 5.80. The maximum absolute atomic E-state index is 12.7. The number of nitrogens with zero attached hydrogens (tertiary/aromatic N) is 3. The third kappa shape index (κ3) is 4.60. The zero-order chi connectivity index (χ0) is 16.7. The maximum Gasteiger partial charge on any atom is 0.310 e. The summed E-state index contributed by atoms with van der Waals surface area (Å²) in [5, 5.41) is 0. The van der Waals surface area contributed by atoms with Crippen molar-refractivity contribution in [2.24, 2.45) is 5.92 Å². The highest BCUT2D eigenvalue weighted by molar-refractivity contribution is 5.94. The van der Waals surface area contributed by atoms with E-state index in [1.807, 2.05) is 12.1 Å². The fourth-order valence-electron chi connectivity index (χ4n) is 2.21. The molecule has 6 heteroatoms. The summed E-state index contributed by atoms with van der Waals surface area (Å²) in [6, 6.07) is 7.01. The molecule has 23 heavy (non-hydrogen) atoms. The summed E-state index contributed by atoms with van der Waals surface area (Å²) in [7, 11) is 1.34. The first-order valence-electron chi connectivity index (χ1n) is 7.28. The molecule has 0 fully saturated rings. The first kappa shape index (κ1) is 16.6. The largest absolute Gasteiger partial charge is 0.469 e. The van der Waals surface area contributed by atoms with Crippen molar-refractivity contribution in [3.63, 3.8) is 0 Å². The summed E-state index contributed by atoms with van der Waals surface area (Å²) in [6.07, 6.45) is 6.52. The Morgan fingerprint density at radius 1 is 1.17 bits per heavy atom. The van der Waals surface area contributed by atoms with Gasteiger partial charge in [0.2, 0.25) is 0 Å². The van der Waals surface area contributed by atoms with Gasteiger partial charge in [-0.05, 0) is 23.8 Å². The SMILES string of the molecule is COC(=O)C(C)CN(Cc1cccnc1)C(=O)c1ccncc1. The minimum Gasteiger partial charge on any atom is -0.469 e. The molecule has 0 radical (unpaired) electrons. The normalized spacial score (nSPS) is 11.6. The summed E-state index contributed by atoms with van der Waals surface area (Å²) in [6.45, 7) is 2.38. The summed E-state index contributed by atoms with van der Waals surface area (Å²) in [4.78, 5) is 34.0. The molecule has 2 rings (SSSR count). The monoisotopic (exact) mass is 313 g/mol. The average Bonchev–Trinajstić information content (AvgIpc) is 2.61. The van der Waals surface area contributed by atoms with Crippen molar-refractivity contribution in [3.05, 3.63) is 60.2 Å². The number of pyridine rings is 2. The number of methoxy groups -OCH3 is 1. The van der Waals surface area contributed by atoms with Crippen LogP contribution in [0.5, 0.6) is 0 Å². The fraction of sp³-hybridized carbons (Fsp3) is 0.294. The van der Waals surface area contributed by atoms with Crippen molar-refractivity contribution in [1.82, 2.24) is 14.9 Å². The molecule has 0 saturated carbocycles. The van der Waals surface area contributed by atoms with Crippen molar-refractivity contribution in [3.8, 4) is 0 Å². The van der Waals surface area contributed by atoms with Crippen LogP contribution in [0.4, 0.5) is 0 Å². The Balaban J connectivity index is 2.20. The van der Waals surface area contributed by atoms with Gasteiger partial charge in [0, 0.05) is 43.4 Å². The minimum absolute atomic E-state index is 0.160. The molecule has 0 aromatic carbocycles. The van der Waals surface area contributed by atoms with Crippen LogP contribution in [0.25, 0.3) is 0 Å². The van der Waals surface area contributed by atoms with E-state index in [9.17, 15) is 9.59 Å². The zero-order valence-electron chi connectivity index (χ0n) is 13.2. The molecule has 2 aromatic rings. The average molecular weight is 313 g/mol. The standard InChI is InChI=1S/C17H19N3O3/c1-13(17(22)23-2)11-20(12-14-4-3-7-19-10-14)16(21)15-5-8-18-9-6-15/h3-10,13H,11-12H2,1-2H3. The Labute approximate surface area is 135 Å². The summed E-state index contributed by atoms with van der Waals surface area (Å²) < 4.78 is 4.75. The predicted octanol–water partition coefficient (Wildman–Crippen LogP) is 1.93. The molecule has 120 valence electrons. The van der Waals surface area contributed by atoms with Gasteiger partial charge < -0.3 is 9.64 Å². The maximum atomic E-state index is 12.7. The molecule has 2 heterocycles. The van der Waals surface area contributed by atoms with Gasteiger partial charge in [-0.25, -0.2) is 0 Å². The highest BCUT2D eigenvalue weighted by atomic mass is 16.5. The number of aromatic nitrogens is 2. The summed E-state index contributed by atoms with van der Waals surface area (Å²) in [5.74, 6) is -0.918. The van der Waals surface area contributed by atoms with Crippen LogP contribution in [0.1, 0.15) is 22.8 Å². The van der Waals surface area contributed by atoms with Crippen molar-refractivity contribution in [2.45, 2.75) is 13.5 Å².